The van der Waals surface area contributed by atoms with Gasteiger partial charge < -0.3 is 14.6 Å². The highest BCUT2D eigenvalue weighted by atomic mass is 16.5. The summed E-state index contributed by atoms with van der Waals surface area (Å²) in [5, 5.41) is 11.9. The van der Waals surface area contributed by atoms with Gasteiger partial charge in [-0.15, -0.1) is 0 Å². The second-order valence-electron chi connectivity index (χ2n) is 8.92. The number of hydrogen-bond donors (Lipinski definition) is 1. The van der Waals surface area contributed by atoms with Gasteiger partial charge in [0.2, 0.25) is 0 Å². The number of methoxy groups -OCH3 is 1. The van der Waals surface area contributed by atoms with E-state index in [-0.39, 0.29) is 6.10 Å². The average Bonchev–Trinajstić information content (AvgIpc) is 3.20. The molecule has 1 saturated carbocycles. The number of fused-ring (bicyclic) bond motifs is 2. The first kappa shape index (κ1) is 20.9. The fraction of sp³-hybridized carbons (Fsp3) is 0.385. The van der Waals surface area contributed by atoms with Crippen molar-refractivity contribution in [3.8, 4) is 5.75 Å². The van der Waals surface area contributed by atoms with E-state index >= 15 is 0 Å². The molecule has 0 bridgehead atoms. The Morgan fingerprint density at radius 3 is 2.72 bits per heavy atom. The maximum atomic E-state index is 11.8. The van der Waals surface area contributed by atoms with Crippen LogP contribution in [0.5, 0.6) is 5.75 Å². The zero-order valence-electron chi connectivity index (χ0n) is 18.2. The number of aliphatic hydroxyl groups is 1. The second kappa shape index (κ2) is 8.88. The molecule has 2 aliphatic rings. The number of rotatable bonds is 5. The SMILES string of the molecule is COC(=O)c1cccc(O[C@@H]2C[C@@H]3CN(Cc4cccc5cccnc45)C[C@@H]3C[C@H]2O)c1. The van der Waals surface area contributed by atoms with Gasteiger partial charge >= 0.3 is 5.97 Å². The Labute approximate surface area is 187 Å². The molecular formula is C26H28N2O4. The summed E-state index contributed by atoms with van der Waals surface area (Å²) in [6.07, 6.45) is 2.60. The van der Waals surface area contributed by atoms with Gasteiger partial charge in [-0.1, -0.05) is 30.3 Å². The van der Waals surface area contributed by atoms with E-state index in [9.17, 15) is 9.90 Å². The lowest BCUT2D eigenvalue weighted by molar-refractivity contribution is -0.0231. The fourth-order valence-electron chi connectivity index (χ4n) is 5.27. The Morgan fingerprint density at radius 2 is 1.88 bits per heavy atom. The van der Waals surface area contributed by atoms with Crippen LogP contribution in [0, 0.1) is 11.8 Å². The molecule has 32 heavy (non-hydrogen) atoms. The van der Waals surface area contributed by atoms with E-state index in [1.165, 1.54) is 18.1 Å². The van der Waals surface area contributed by atoms with Gasteiger partial charge in [-0.25, -0.2) is 4.79 Å². The number of carbonyl (C=O) groups is 1. The van der Waals surface area contributed by atoms with Crippen molar-refractivity contribution in [2.75, 3.05) is 20.2 Å². The number of carbonyl (C=O) groups excluding carboxylic acids is 1. The van der Waals surface area contributed by atoms with E-state index in [0.717, 1.165) is 38.0 Å². The topological polar surface area (TPSA) is 71.9 Å². The Kier molecular flexibility index (Phi) is 5.81. The standard InChI is InChI=1S/C26H28N2O4/c1-31-26(30)18-6-3-9-22(11-18)32-24-13-21-16-28(15-20(21)12-23(24)29)14-19-7-2-5-17-8-4-10-27-25(17)19/h2-11,20-21,23-24,29H,12-16H2,1H3/t20-,21+,23+,24+/m0/s1. The normalized spacial score (nSPS) is 25.4. The van der Waals surface area contributed by atoms with Crippen LogP contribution in [0.4, 0.5) is 0 Å². The van der Waals surface area contributed by atoms with Gasteiger partial charge in [0.25, 0.3) is 0 Å². The molecule has 2 fully saturated rings. The average molecular weight is 433 g/mol. The highest BCUT2D eigenvalue weighted by Crippen LogP contribution is 2.38. The zero-order chi connectivity index (χ0) is 22.1. The molecule has 1 aliphatic carbocycles. The lowest BCUT2D eigenvalue weighted by atomic mass is 9.78. The summed E-state index contributed by atoms with van der Waals surface area (Å²) in [7, 11) is 1.36. The van der Waals surface area contributed by atoms with E-state index in [0.29, 0.717) is 23.1 Å². The lowest BCUT2D eigenvalue weighted by Gasteiger charge is -2.35. The first-order valence-electron chi connectivity index (χ1n) is 11.2. The van der Waals surface area contributed by atoms with Crippen molar-refractivity contribution in [3.63, 3.8) is 0 Å². The molecular weight excluding hydrogens is 404 g/mol. The minimum absolute atomic E-state index is 0.275. The number of esters is 1. The van der Waals surface area contributed by atoms with Crippen molar-refractivity contribution in [1.29, 1.82) is 0 Å². The molecule has 6 heteroatoms. The van der Waals surface area contributed by atoms with Crippen LogP contribution in [0.25, 0.3) is 10.9 Å². The molecule has 0 amide bonds. The summed E-state index contributed by atoms with van der Waals surface area (Å²) in [6.45, 7) is 2.84. The lowest BCUT2D eigenvalue weighted by Crippen LogP contribution is -2.42. The summed E-state index contributed by atoms with van der Waals surface area (Å²) in [4.78, 5) is 18.9. The summed E-state index contributed by atoms with van der Waals surface area (Å²) in [5.74, 6) is 1.14. The number of hydrogen-bond acceptors (Lipinski definition) is 6. The number of nitrogens with zero attached hydrogens (tertiary/aromatic N) is 2. The Balaban J connectivity index is 1.25. The summed E-state index contributed by atoms with van der Waals surface area (Å²) < 4.78 is 10.9. The van der Waals surface area contributed by atoms with E-state index in [1.807, 2.05) is 18.3 Å². The molecule has 1 aromatic heterocycles. The quantitative estimate of drug-likeness (QED) is 0.621. The first-order chi connectivity index (χ1) is 15.6. The van der Waals surface area contributed by atoms with Crippen molar-refractivity contribution >= 4 is 16.9 Å². The van der Waals surface area contributed by atoms with Crippen molar-refractivity contribution in [2.24, 2.45) is 11.8 Å². The van der Waals surface area contributed by atoms with Gasteiger partial charge in [0.05, 0.1) is 24.3 Å². The van der Waals surface area contributed by atoms with Crippen molar-refractivity contribution in [3.05, 3.63) is 71.9 Å². The minimum atomic E-state index is -0.516. The molecule has 5 rings (SSSR count). The van der Waals surface area contributed by atoms with Gasteiger partial charge in [-0.2, -0.15) is 0 Å². The monoisotopic (exact) mass is 432 g/mol. The molecule has 0 radical (unpaired) electrons. The Bertz CT molecular complexity index is 1110. The zero-order valence-corrected chi connectivity index (χ0v) is 18.2. The molecule has 166 valence electrons. The van der Waals surface area contributed by atoms with Gasteiger partial charge in [-0.05, 0) is 54.5 Å². The fourth-order valence-corrected chi connectivity index (χ4v) is 5.27. The van der Waals surface area contributed by atoms with E-state index in [1.54, 1.807) is 18.2 Å². The molecule has 4 atom stereocenters. The molecule has 3 aromatic rings. The first-order valence-corrected chi connectivity index (χ1v) is 11.2. The smallest absolute Gasteiger partial charge is 0.337 e. The van der Waals surface area contributed by atoms with Gasteiger partial charge in [-0.3, -0.25) is 9.88 Å². The van der Waals surface area contributed by atoms with Crippen LogP contribution in [0.15, 0.2) is 60.8 Å². The Hall–Kier alpha value is -2.96. The summed E-state index contributed by atoms with van der Waals surface area (Å²) >= 11 is 0. The molecule has 0 unspecified atom stereocenters. The van der Waals surface area contributed by atoms with Crippen LogP contribution >= 0.6 is 0 Å². The van der Waals surface area contributed by atoms with Crippen LogP contribution in [0.1, 0.15) is 28.8 Å². The Morgan fingerprint density at radius 1 is 1.09 bits per heavy atom. The number of para-hydroxylation sites is 1. The largest absolute Gasteiger partial charge is 0.488 e. The second-order valence-corrected chi connectivity index (χ2v) is 8.92. The molecule has 2 heterocycles. The predicted octanol–water partition coefficient (Wildman–Crippen LogP) is 3.67. The third-order valence-electron chi connectivity index (χ3n) is 6.81. The minimum Gasteiger partial charge on any atom is -0.488 e. The molecule has 0 spiro atoms. The van der Waals surface area contributed by atoms with Crippen molar-refractivity contribution in [2.45, 2.75) is 31.6 Å². The molecule has 1 N–H and O–H groups in total. The van der Waals surface area contributed by atoms with E-state index in [2.05, 4.69) is 34.1 Å². The number of aliphatic hydroxyl groups excluding tert-OH is 1. The van der Waals surface area contributed by atoms with Crippen LogP contribution in [-0.4, -0.2) is 53.4 Å². The summed E-state index contributed by atoms with van der Waals surface area (Å²) in [6, 6.07) is 17.4. The van der Waals surface area contributed by atoms with Crippen molar-refractivity contribution in [1.82, 2.24) is 9.88 Å². The van der Waals surface area contributed by atoms with E-state index in [4.69, 9.17) is 9.47 Å². The number of benzene rings is 2. The van der Waals surface area contributed by atoms with Gasteiger partial charge in [0.15, 0.2) is 0 Å². The number of aromatic nitrogens is 1. The highest BCUT2D eigenvalue weighted by Gasteiger charge is 2.42. The van der Waals surface area contributed by atoms with Gasteiger partial charge in [0.1, 0.15) is 11.9 Å². The molecule has 1 aliphatic heterocycles. The molecule has 1 saturated heterocycles. The van der Waals surface area contributed by atoms with Crippen LogP contribution in [0.3, 0.4) is 0 Å². The van der Waals surface area contributed by atoms with E-state index < -0.39 is 12.1 Å². The maximum Gasteiger partial charge on any atom is 0.337 e. The number of pyridine rings is 1. The van der Waals surface area contributed by atoms with Gasteiger partial charge in [0, 0.05) is 31.2 Å². The van der Waals surface area contributed by atoms with Crippen LogP contribution in [0.2, 0.25) is 0 Å². The third-order valence-corrected chi connectivity index (χ3v) is 6.81. The summed E-state index contributed by atoms with van der Waals surface area (Å²) in [5.41, 5.74) is 2.76. The van der Waals surface area contributed by atoms with Crippen LogP contribution in [-0.2, 0) is 11.3 Å². The maximum absolute atomic E-state index is 11.8. The third kappa shape index (κ3) is 4.20. The number of likely N-dealkylation sites (tertiary alicyclic amines) is 1. The molecule has 2 aromatic carbocycles. The predicted molar refractivity (Wildman–Crippen MR) is 121 cm³/mol. The molecule has 6 nitrogen and oxygen atoms in total. The van der Waals surface area contributed by atoms with Crippen molar-refractivity contribution < 1.29 is 19.4 Å². The highest BCUT2D eigenvalue weighted by molar-refractivity contribution is 5.89. The number of ether oxygens (including phenoxy) is 2. The van der Waals surface area contributed by atoms with Crippen LogP contribution < -0.4 is 4.74 Å².